The Balaban J connectivity index is 2.29. The molecule has 1 saturated heterocycles. The smallest absolute Gasteiger partial charge is 0.317 e. The summed E-state index contributed by atoms with van der Waals surface area (Å²) in [5.74, 6) is 0. The molecule has 0 aromatic carbocycles. The van der Waals surface area contributed by atoms with Crippen molar-refractivity contribution >= 4 is 6.03 Å². The molecule has 1 aliphatic heterocycles. The Morgan fingerprint density at radius 3 is 2.47 bits per heavy atom. The minimum absolute atomic E-state index is 0.00175. The van der Waals surface area contributed by atoms with Crippen LogP contribution in [-0.4, -0.2) is 54.0 Å². The second-order valence-corrected chi connectivity index (χ2v) is 5.46. The molecule has 5 heteroatoms. The summed E-state index contributed by atoms with van der Waals surface area (Å²) in [6.45, 7) is 7.81. The van der Waals surface area contributed by atoms with Crippen LogP contribution in [0.1, 0.15) is 33.6 Å². The van der Waals surface area contributed by atoms with Gasteiger partial charge in [-0.05, 0) is 33.6 Å². The van der Waals surface area contributed by atoms with Gasteiger partial charge in [-0.15, -0.1) is 0 Å². The predicted molar refractivity (Wildman–Crippen MR) is 65.9 cm³/mol. The van der Waals surface area contributed by atoms with E-state index in [-0.39, 0.29) is 24.3 Å². The fourth-order valence-corrected chi connectivity index (χ4v) is 1.84. The molecule has 0 aromatic rings. The standard InChI is InChI=1S/C12H24N2O3/c1-12(2,3)13-11(16)14-6-4-10(5-7-14)17-9-8-15/h10,15H,4-9H2,1-3H3,(H,13,16). The van der Waals surface area contributed by atoms with Gasteiger partial charge >= 0.3 is 6.03 Å². The topological polar surface area (TPSA) is 61.8 Å². The van der Waals surface area contributed by atoms with E-state index in [1.807, 2.05) is 25.7 Å². The third-order valence-electron chi connectivity index (χ3n) is 2.66. The van der Waals surface area contributed by atoms with Gasteiger partial charge in [0.25, 0.3) is 0 Å². The van der Waals surface area contributed by atoms with Crippen LogP contribution in [0.2, 0.25) is 0 Å². The number of nitrogens with zero attached hydrogens (tertiary/aromatic N) is 1. The second kappa shape index (κ2) is 6.21. The zero-order valence-electron chi connectivity index (χ0n) is 11.0. The Labute approximate surface area is 103 Å². The number of rotatable bonds is 3. The van der Waals surface area contributed by atoms with E-state index in [0.717, 1.165) is 25.9 Å². The molecule has 0 saturated carbocycles. The second-order valence-electron chi connectivity index (χ2n) is 5.46. The van der Waals surface area contributed by atoms with E-state index in [9.17, 15) is 4.79 Å². The Bertz CT molecular complexity index is 243. The van der Waals surface area contributed by atoms with Crippen molar-refractivity contribution in [1.29, 1.82) is 0 Å². The van der Waals surface area contributed by atoms with Gasteiger partial charge in [-0.3, -0.25) is 0 Å². The first kappa shape index (κ1) is 14.3. The Morgan fingerprint density at radius 1 is 1.41 bits per heavy atom. The predicted octanol–water partition coefficient (Wildman–Crippen LogP) is 0.968. The summed E-state index contributed by atoms with van der Waals surface area (Å²) < 4.78 is 5.45. The van der Waals surface area contributed by atoms with E-state index in [4.69, 9.17) is 9.84 Å². The maximum absolute atomic E-state index is 11.9. The summed E-state index contributed by atoms with van der Waals surface area (Å²) in [6, 6.07) is -0.00175. The summed E-state index contributed by atoms with van der Waals surface area (Å²) in [6.07, 6.45) is 1.87. The molecule has 1 fully saturated rings. The molecule has 1 aliphatic rings. The number of hydrogen-bond acceptors (Lipinski definition) is 3. The number of hydrogen-bond donors (Lipinski definition) is 2. The van der Waals surface area contributed by atoms with Gasteiger partial charge in [0.2, 0.25) is 0 Å². The van der Waals surface area contributed by atoms with Gasteiger partial charge in [-0.1, -0.05) is 0 Å². The number of urea groups is 1. The van der Waals surface area contributed by atoms with E-state index in [2.05, 4.69) is 5.32 Å². The number of carbonyl (C=O) groups is 1. The van der Waals surface area contributed by atoms with Crippen LogP contribution >= 0.6 is 0 Å². The molecule has 17 heavy (non-hydrogen) atoms. The molecule has 100 valence electrons. The first-order chi connectivity index (χ1) is 7.92. The van der Waals surface area contributed by atoms with Crippen LogP contribution in [0.15, 0.2) is 0 Å². The van der Waals surface area contributed by atoms with E-state index in [1.165, 1.54) is 0 Å². The minimum Gasteiger partial charge on any atom is -0.394 e. The third-order valence-corrected chi connectivity index (χ3v) is 2.66. The summed E-state index contributed by atoms with van der Waals surface area (Å²) in [5, 5.41) is 11.6. The average molecular weight is 244 g/mol. The molecule has 0 bridgehead atoms. The van der Waals surface area contributed by atoms with Crippen molar-refractivity contribution in [3.8, 4) is 0 Å². The van der Waals surface area contributed by atoms with Gasteiger partial charge in [0.15, 0.2) is 0 Å². The molecule has 2 N–H and O–H groups in total. The highest BCUT2D eigenvalue weighted by Gasteiger charge is 2.25. The molecule has 0 atom stereocenters. The molecule has 2 amide bonds. The molecule has 0 spiro atoms. The fraction of sp³-hybridized carbons (Fsp3) is 0.917. The highest BCUT2D eigenvalue weighted by atomic mass is 16.5. The zero-order chi connectivity index (χ0) is 12.9. The van der Waals surface area contributed by atoms with E-state index in [1.54, 1.807) is 0 Å². The maximum Gasteiger partial charge on any atom is 0.317 e. The summed E-state index contributed by atoms with van der Waals surface area (Å²) >= 11 is 0. The highest BCUT2D eigenvalue weighted by molar-refractivity contribution is 5.75. The van der Waals surface area contributed by atoms with Crippen molar-refractivity contribution < 1.29 is 14.6 Å². The normalized spacial score (nSPS) is 18.2. The lowest BCUT2D eigenvalue weighted by atomic mass is 10.1. The van der Waals surface area contributed by atoms with Gasteiger partial charge in [0, 0.05) is 18.6 Å². The van der Waals surface area contributed by atoms with Crippen LogP contribution in [-0.2, 0) is 4.74 Å². The number of aliphatic hydroxyl groups is 1. The number of ether oxygens (including phenoxy) is 1. The van der Waals surface area contributed by atoms with Crippen LogP contribution in [0.4, 0.5) is 4.79 Å². The van der Waals surface area contributed by atoms with Crippen LogP contribution in [0.25, 0.3) is 0 Å². The van der Waals surface area contributed by atoms with Crippen molar-refractivity contribution in [3.63, 3.8) is 0 Å². The molecular formula is C12H24N2O3. The van der Waals surface area contributed by atoms with Crippen molar-refractivity contribution in [3.05, 3.63) is 0 Å². The highest BCUT2D eigenvalue weighted by Crippen LogP contribution is 2.14. The number of nitrogens with one attached hydrogen (secondary N) is 1. The van der Waals surface area contributed by atoms with Gasteiger partial charge in [0.05, 0.1) is 19.3 Å². The first-order valence-corrected chi connectivity index (χ1v) is 6.22. The van der Waals surface area contributed by atoms with Crippen LogP contribution in [0.5, 0.6) is 0 Å². The van der Waals surface area contributed by atoms with Gasteiger partial charge in [0.1, 0.15) is 0 Å². The molecule has 0 radical (unpaired) electrons. The Morgan fingerprint density at radius 2 is 2.00 bits per heavy atom. The third kappa shape index (κ3) is 5.37. The number of piperidine rings is 1. The summed E-state index contributed by atoms with van der Waals surface area (Å²) in [7, 11) is 0. The number of aliphatic hydroxyl groups excluding tert-OH is 1. The van der Waals surface area contributed by atoms with Crippen molar-refractivity contribution in [2.75, 3.05) is 26.3 Å². The van der Waals surface area contributed by atoms with Gasteiger partial charge < -0.3 is 20.1 Å². The van der Waals surface area contributed by atoms with Gasteiger partial charge in [-0.2, -0.15) is 0 Å². The lowest BCUT2D eigenvalue weighted by Crippen LogP contribution is -2.51. The average Bonchev–Trinajstić information content (AvgIpc) is 2.24. The Kier molecular flexibility index (Phi) is 5.21. The zero-order valence-corrected chi connectivity index (χ0v) is 11.0. The quantitative estimate of drug-likeness (QED) is 0.777. The Hall–Kier alpha value is -0.810. The molecule has 1 rings (SSSR count). The van der Waals surface area contributed by atoms with E-state index < -0.39 is 0 Å². The number of amides is 2. The monoisotopic (exact) mass is 244 g/mol. The van der Waals surface area contributed by atoms with Gasteiger partial charge in [-0.25, -0.2) is 4.79 Å². The number of carbonyl (C=O) groups excluding carboxylic acids is 1. The summed E-state index contributed by atoms with van der Waals surface area (Å²) in [4.78, 5) is 13.7. The van der Waals surface area contributed by atoms with Crippen molar-refractivity contribution in [2.45, 2.75) is 45.3 Å². The summed E-state index contributed by atoms with van der Waals surface area (Å²) in [5.41, 5.74) is -0.193. The fourth-order valence-electron chi connectivity index (χ4n) is 1.84. The van der Waals surface area contributed by atoms with Crippen LogP contribution in [0, 0.1) is 0 Å². The van der Waals surface area contributed by atoms with Crippen LogP contribution < -0.4 is 5.32 Å². The van der Waals surface area contributed by atoms with Crippen molar-refractivity contribution in [1.82, 2.24) is 10.2 Å². The lowest BCUT2D eigenvalue weighted by Gasteiger charge is -2.34. The van der Waals surface area contributed by atoms with Crippen molar-refractivity contribution in [2.24, 2.45) is 0 Å². The van der Waals surface area contributed by atoms with Crippen LogP contribution in [0.3, 0.4) is 0 Å². The van der Waals surface area contributed by atoms with E-state index in [0.29, 0.717) is 6.61 Å². The van der Waals surface area contributed by atoms with E-state index >= 15 is 0 Å². The molecule has 5 nitrogen and oxygen atoms in total. The molecule has 0 unspecified atom stereocenters. The molecular weight excluding hydrogens is 220 g/mol. The SMILES string of the molecule is CC(C)(C)NC(=O)N1CCC(OCCO)CC1. The molecule has 1 heterocycles. The largest absolute Gasteiger partial charge is 0.394 e. The minimum atomic E-state index is -0.193. The molecule has 0 aliphatic carbocycles. The molecule has 0 aromatic heterocycles. The first-order valence-electron chi connectivity index (χ1n) is 6.22. The maximum atomic E-state index is 11.9. The number of likely N-dealkylation sites (tertiary alicyclic amines) is 1. The lowest BCUT2D eigenvalue weighted by molar-refractivity contribution is -0.00197.